The molecule has 1 unspecified atom stereocenters. The standard InChI is InChI=1S/C20H17Cl2N5O4/c21-13-6-16(23-8-14(13)22)25-20(31)24-7-10-1-2-12-11(5-10)9-27(19(12)30)15-3-4-17(28)26-18(15)29/h1-2,5-6,8,15H,3-4,7,9H2,(H,26,28,29)(H2,23,24,25,31). The maximum Gasteiger partial charge on any atom is 0.320 e. The van der Waals surface area contributed by atoms with Crippen molar-refractivity contribution < 1.29 is 19.2 Å². The molecule has 0 spiro atoms. The Morgan fingerprint density at radius 2 is 2.00 bits per heavy atom. The number of benzene rings is 1. The van der Waals surface area contributed by atoms with Gasteiger partial charge in [0, 0.05) is 37.3 Å². The van der Waals surface area contributed by atoms with Crippen molar-refractivity contribution in [3.8, 4) is 0 Å². The topological polar surface area (TPSA) is 120 Å². The van der Waals surface area contributed by atoms with Crippen LogP contribution in [0.2, 0.25) is 10.0 Å². The number of aromatic nitrogens is 1. The third kappa shape index (κ3) is 4.47. The molecule has 5 amide bonds. The maximum atomic E-state index is 12.7. The van der Waals surface area contributed by atoms with Gasteiger partial charge < -0.3 is 10.2 Å². The van der Waals surface area contributed by atoms with Crippen molar-refractivity contribution in [2.75, 3.05) is 5.32 Å². The summed E-state index contributed by atoms with van der Waals surface area (Å²) in [5, 5.41) is 8.10. The highest BCUT2D eigenvalue weighted by molar-refractivity contribution is 6.42. The fraction of sp³-hybridized carbons (Fsp3) is 0.250. The number of carbonyl (C=O) groups is 4. The van der Waals surface area contributed by atoms with Crippen LogP contribution in [0.3, 0.4) is 0 Å². The lowest BCUT2D eigenvalue weighted by Crippen LogP contribution is -2.52. The molecule has 2 aromatic rings. The lowest BCUT2D eigenvalue weighted by atomic mass is 10.0. The number of nitrogens with zero attached hydrogens (tertiary/aromatic N) is 2. The van der Waals surface area contributed by atoms with Gasteiger partial charge in [0.25, 0.3) is 5.91 Å². The number of piperidine rings is 1. The summed E-state index contributed by atoms with van der Waals surface area (Å²) < 4.78 is 0. The Balaban J connectivity index is 1.38. The maximum absolute atomic E-state index is 12.7. The minimum Gasteiger partial charge on any atom is -0.334 e. The molecule has 1 aromatic carbocycles. The van der Waals surface area contributed by atoms with Crippen molar-refractivity contribution >= 4 is 52.8 Å². The number of carbonyl (C=O) groups excluding carboxylic acids is 4. The predicted octanol–water partition coefficient (Wildman–Crippen LogP) is 2.47. The number of urea groups is 1. The highest BCUT2D eigenvalue weighted by Gasteiger charge is 2.39. The first-order chi connectivity index (χ1) is 14.8. The minimum atomic E-state index is -0.663. The Morgan fingerprint density at radius 1 is 1.19 bits per heavy atom. The molecular weight excluding hydrogens is 445 g/mol. The Hall–Kier alpha value is -3.17. The lowest BCUT2D eigenvalue weighted by Gasteiger charge is -2.29. The van der Waals surface area contributed by atoms with E-state index in [0.717, 1.165) is 11.1 Å². The molecular formula is C20H17Cl2N5O4. The molecule has 11 heteroatoms. The van der Waals surface area contributed by atoms with Crippen LogP contribution in [-0.4, -0.2) is 39.7 Å². The first-order valence-electron chi connectivity index (χ1n) is 9.44. The van der Waals surface area contributed by atoms with E-state index >= 15 is 0 Å². The van der Waals surface area contributed by atoms with Crippen molar-refractivity contribution in [3.05, 3.63) is 57.2 Å². The second-order valence-corrected chi connectivity index (χ2v) is 8.00. The smallest absolute Gasteiger partial charge is 0.320 e. The monoisotopic (exact) mass is 461 g/mol. The Kier molecular flexibility index (Phi) is 5.79. The summed E-state index contributed by atoms with van der Waals surface area (Å²) in [6.07, 6.45) is 1.85. The first-order valence-corrected chi connectivity index (χ1v) is 10.2. The van der Waals surface area contributed by atoms with Gasteiger partial charge >= 0.3 is 6.03 Å². The number of fused-ring (bicyclic) bond motifs is 1. The van der Waals surface area contributed by atoms with Crippen LogP contribution in [-0.2, 0) is 22.7 Å². The van der Waals surface area contributed by atoms with Crippen LogP contribution < -0.4 is 16.0 Å². The molecule has 2 aliphatic rings. The third-order valence-electron chi connectivity index (χ3n) is 5.09. The van der Waals surface area contributed by atoms with Gasteiger partial charge in [0.05, 0.1) is 10.0 Å². The number of nitrogens with one attached hydrogen (secondary N) is 3. The number of hydrogen-bond acceptors (Lipinski definition) is 5. The van der Waals surface area contributed by atoms with Gasteiger partial charge in [-0.25, -0.2) is 9.78 Å². The molecule has 0 bridgehead atoms. The number of pyridine rings is 1. The van der Waals surface area contributed by atoms with Gasteiger partial charge in [0.1, 0.15) is 11.9 Å². The van der Waals surface area contributed by atoms with E-state index in [1.807, 2.05) is 6.07 Å². The van der Waals surface area contributed by atoms with Gasteiger partial charge in [-0.05, 0) is 23.6 Å². The van der Waals surface area contributed by atoms with E-state index in [9.17, 15) is 19.2 Å². The van der Waals surface area contributed by atoms with E-state index in [2.05, 4.69) is 20.9 Å². The van der Waals surface area contributed by atoms with Crippen LogP contribution >= 0.6 is 23.2 Å². The molecule has 3 heterocycles. The summed E-state index contributed by atoms with van der Waals surface area (Å²) in [7, 11) is 0. The zero-order valence-electron chi connectivity index (χ0n) is 16.1. The molecule has 31 heavy (non-hydrogen) atoms. The van der Waals surface area contributed by atoms with Crippen LogP contribution in [0.1, 0.15) is 34.3 Å². The zero-order chi connectivity index (χ0) is 22.1. The number of halogens is 2. The molecule has 3 N–H and O–H groups in total. The molecule has 2 aliphatic heterocycles. The van der Waals surface area contributed by atoms with Crippen molar-refractivity contribution in [2.45, 2.75) is 32.0 Å². The van der Waals surface area contributed by atoms with Crippen LogP contribution in [0.5, 0.6) is 0 Å². The molecule has 160 valence electrons. The Bertz CT molecular complexity index is 1110. The molecule has 0 aliphatic carbocycles. The van der Waals surface area contributed by atoms with Crippen LogP contribution in [0.15, 0.2) is 30.5 Å². The average Bonchev–Trinajstić information content (AvgIpc) is 3.05. The summed E-state index contributed by atoms with van der Waals surface area (Å²) in [4.78, 5) is 53.8. The first kappa shape index (κ1) is 21.1. The summed E-state index contributed by atoms with van der Waals surface area (Å²) in [6, 6.07) is 5.53. The molecule has 1 saturated heterocycles. The number of rotatable bonds is 4. The van der Waals surface area contributed by atoms with Crippen LogP contribution in [0.25, 0.3) is 0 Å². The second-order valence-electron chi connectivity index (χ2n) is 7.18. The number of imide groups is 1. The molecule has 1 atom stereocenters. The van der Waals surface area contributed by atoms with E-state index < -0.39 is 18.0 Å². The minimum absolute atomic E-state index is 0.203. The second kappa shape index (κ2) is 8.52. The molecule has 1 fully saturated rings. The summed E-state index contributed by atoms with van der Waals surface area (Å²) in [5.74, 6) is -0.765. The molecule has 1 aromatic heterocycles. The fourth-order valence-corrected chi connectivity index (χ4v) is 3.82. The molecule has 4 rings (SSSR count). The highest BCUT2D eigenvalue weighted by Crippen LogP contribution is 2.28. The number of amides is 5. The molecule has 0 saturated carbocycles. The SMILES string of the molecule is O=C1CCC(N2Cc3cc(CNC(=O)Nc4cc(Cl)c(Cl)cn4)ccc3C2=O)C(=O)N1. The summed E-state index contributed by atoms with van der Waals surface area (Å²) >= 11 is 11.7. The van der Waals surface area contributed by atoms with E-state index in [1.54, 1.807) is 12.1 Å². The van der Waals surface area contributed by atoms with Gasteiger partial charge in [-0.2, -0.15) is 0 Å². The van der Waals surface area contributed by atoms with E-state index in [0.29, 0.717) is 12.0 Å². The quantitative estimate of drug-likeness (QED) is 0.603. The fourth-order valence-electron chi connectivity index (χ4n) is 3.56. The van der Waals surface area contributed by atoms with E-state index in [1.165, 1.54) is 17.2 Å². The predicted molar refractivity (Wildman–Crippen MR) is 113 cm³/mol. The van der Waals surface area contributed by atoms with Crippen molar-refractivity contribution in [1.29, 1.82) is 0 Å². The molecule has 9 nitrogen and oxygen atoms in total. The third-order valence-corrected chi connectivity index (χ3v) is 5.80. The highest BCUT2D eigenvalue weighted by atomic mass is 35.5. The van der Waals surface area contributed by atoms with Gasteiger partial charge in [-0.1, -0.05) is 35.3 Å². The van der Waals surface area contributed by atoms with Crippen molar-refractivity contribution in [2.24, 2.45) is 0 Å². The van der Waals surface area contributed by atoms with Gasteiger partial charge in [0.15, 0.2) is 0 Å². The number of hydrogen-bond donors (Lipinski definition) is 3. The van der Waals surface area contributed by atoms with Crippen LogP contribution in [0.4, 0.5) is 10.6 Å². The largest absolute Gasteiger partial charge is 0.334 e. The number of anilines is 1. The Morgan fingerprint density at radius 3 is 2.74 bits per heavy atom. The van der Waals surface area contributed by atoms with E-state index in [-0.39, 0.29) is 47.2 Å². The van der Waals surface area contributed by atoms with Crippen molar-refractivity contribution in [1.82, 2.24) is 20.5 Å². The van der Waals surface area contributed by atoms with Gasteiger partial charge in [-0.3, -0.25) is 25.0 Å². The van der Waals surface area contributed by atoms with Gasteiger partial charge in [-0.15, -0.1) is 0 Å². The zero-order valence-corrected chi connectivity index (χ0v) is 17.6. The van der Waals surface area contributed by atoms with Crippen LogP contribution in [0, 0.1) is 0 Å². The van der Waals surface area contributed by atoms with Gasteiger partial charge in [0.2, 0.25) is 11.8 Å². The normalized spacial score (nSPS) is 17.9. The summed E-state index contributed by atoms with van der Waals surface area (Å²) in [5.41, 5.74) is 2.06. The molecule has 0 radical (unpaired) electrons. The summed E-state index contributed by atoms with van der Waals surface area (Å²) in [6.45, 7) is 0.487. The van der Waals surface area contributed by atoms with Crippen molar-refractivity contribution in [3.63, 3.8) is 0 Å². The lowest BCUT2D eigenvalue weighted by molar-refractivity contribution is -0.136. The van der Waals surface area contributed by atoms with E-state index in [4.69, 9.17) is 23.2 Å². The average molecular weight is 462 g/mol. The Labute approximate surface area is 187 Å².